The number of fused-ring (bicyclic) bond motifs is 1. The van der Waals surface area contributed by atoms with Crippen LogP contribution in [0.25, 0.3) is 0 Å². The van der Waals surface area contributed by atoms with Crippen LogP contribution in [0.1, 0.15) is 41.1 Å². The van der Waals surface area contributed by atoms with Crippen molar-refractivity contribution in [1.82, 2.24) is 9.88 Å². The van der Waals surface area contributed by atoms with Crippen LogP contribution in [0, 0.1) is 0 Å². The van der Waals surface area contributed by atoms with Gasteiger partial charge in [-0.05, 0) is 26.0 Å². The molecule has 1 fully saturated rings. The average molecular weight is 260 g/mol. The number of nitrogens with zero attached hydrogens (tertiary/aromatic N) is 2. The minimum absolute atomic E-state index is 0.102. The third-order valence-electron chi connectivity index (χ3n) is 3.32. The van der Waals surface area contributed by atoms with Gasteiger partial charge < -0.3 is 4.74 Å². The first-order valence-electron chi connectivity index (χ1n) is 5.96. The van der Waals surface area contributed by atoms with Gasteiger partial charge in [0, 0.05) is 12.6 Å². The van der Waals surface area contributed by atoms with Crippen LogP contribution < -0.4 is 0 Å². The van der Waals surface area contributed by atoms with Gasteiger partial charge in [0.15, 0.2) is 0 Å². The molecule has 3 rings (SSSR count). The van der Waals surface area contributed by atoms with Gasteiger partial charge in [0.2, 0.25) is 0 Å². The highest BCUT2D eigenvalue weighted by Crippen LogP contribution is 2.33. The molecule has 2 aliphatic heterocycles. The molecule has 1 aromatic heterocycles. The second kappa shape index (κ2) is 3.63. The van der Waals surface area contributed by atoms with Gasteiger partial charge in [-0.3, -0.25) is 19.5 Å². The van der Waals surface area contributed by atoms with E-state index >= 15 is 0 Å². The van der Waals surface area contributed by atoms with Gasteiger partial charge in [0.1, 0.15) is 17.3 Å². The van der Waals surface area contributed by atoms with E-state index in [1.165, 1.54) is 12.3 Å². The molecule has 2 amide bonds. The number of ether oxygens (including phenoxy) is 1. The summed E-state index contributed by atoms with van der Waals surface area (Å²) in [5.74, 6) is -1.55. The predicted molar refractivity (Wildman–Crippen MR) is 63.3 cm³/mol. The summed E-state index contributed by atoms with van der Waals surface area (Å²) < 4.78 is 5.16. The zero-order valence-electron chi connectivity index (χ0n) is 10.5. The fraction of sp³-hybridized carbons (Fsp3) is 0.385. The van der Waals surface area contributed by atoms with Crippen LogP contribution in [0.15, 0.2) is 18.3 Å². The van der Waals surface area contributed by atoms with Crippen molar-refractivity contribution in [3.8, 4) is 0 Å². The molecule has 6 heteroatoms. The van der Waals surface area contributed by atoms with E-state index in [0.29, 0.717) is 6.42 Å². The Morgan fingerprint density at radius 1 is 1.32 bits per heavy atom. The van der Waals surface area contributed by atoms with Crippen molar-refractivity contribution in [3.05, 3.63) is 29.6 Å². The number of rotatable bonds is 1. The molecule has 1 atom stereocenters. The Hall–Kier alpha value is -2.24. The van der Waals surface area contributed by atoms with Crippen molar-refractivity contribution in [1.29, 1.82) is 0 Å². The summed E-state index contributed by atoms with van der Waals surface area (Å²) in [5, 5.41) is 0. The van der Waals surface area contributed by atoms with Gasteiger partial charge in [-0.25, -0.2) is 4.79 Å². The number of amides is 2. The van der Waals surface area contributed by atoms with Crippen LogP contribution in [0.3, 0.4) is 0 Å². The van der Waals surface area contributed by atoms with E-state index in [1.807, 2.05) is 0 Å². The standard InChI is InChI=1S/C13H12N2O4/c1-13(2)6-8(12(18)19-13)15-10(16)7-4-3-5-14-9(7)11(15)17/h3-5,8H,6H2,1-2H3/t8-/m1/s1. The van der Waals surface area contributed by atoms with Gasteiger partial charge in [-0.2, -0.15) is 0 Å². The lowest BCUT2D eigenvalue weighted by atomic mass is 10.0. The van der Waals surface area contributed by atoms with E-state index < -0.39 is 29.4 Å². The van der Waals surface area contributed by atoms with Crippen molar-refractivity contribution >= 4 is 17.8 Å². The Bertz CT molecular complexity index is 573. The molecule has 0 unspecified atom stereocenters. The highest BCUT2D eigenvalue weighted by Gasteiger charge is 2.50. The van der Waals surface area contributed by atoms with Crippen molar-refractivity contribution in [2.24, 2.45) is 0 Å². The van der Waals surface area contributed by atoms with E-state index in [4.69, 9.17) is 4.74 Å². The van der Waals surface area contributed by atoms with E-state index in [1.54, 1.807) is 19.9 Å². The van der Waals surface area contributed by atoms with Gasteiger partial charge in [-0.15, -0.1) is 0 Å². The van der Waals surface area contributed by atoms with Gasteiger partial charge in [-0.1, -0.05) is 0 Å². The zero-order valence-corrected chi connectivity index (χ0v) is 10.5. The number of aromatic nitrogens is 1. The lowest BCUT2D eigenvalue weighted by Crippen LogP contribution is -2.42. The first kappa shape index (κ1) is 11.8. The summed E-state index contributed by atoms with van der Waals surface area (Å²) in [6, 6.07) is 2.27. The molecule has 0 saturated carbocycles. The summed E-state index contributed by atoms with van der Waals surface area (Å²) in [4.78, 5) is 41.1. The average Bonchev–Trinajstić information content (AvgIpc) is 2.75. The molecule has 1 saturated heterocycles. The van der Waals surface area contributed by atoms with Crippen molar-refractivity contribution in [2.75, 3.05) is 0 Å². The minimum Gasteiger partial charge on any atom is -0.458 e. The number of pyridine rings is 1. The molecule has 6 nitrogen and oxygen atoms in total. The molecule has 2 aliphatic rings. The summed E-state index contributed by atoms with van der Waals surface area (Å²) in [5.41, 5.74) is -0.320. The first-order chi connectivity index (χ1) is 8.91. The fourth-order valence-corrected chi connectivity index (χ4v) is 2.50. The summed E-state index contributed by atoms with van der Waals surface area (Å²) in [7, 11) is 0. The molecule has 1 aromatic rings. The van der Waals surface area contributed by atoms with Crippen LogP contribution >= 0.6 is 0 Å². The minimum atomic E-state index is -0.857. The third-order valence-corrected chi connectivity index (χ3v) is 3.32. The van der Waals surface area contributed by atoms with Crippen LogP contribution in [0.5, 0.6) is 0 Å². The van der Waals surface area contributed by atoms with Crippen molar-refractivity contribution in [3.63, 3.8) is 0 Å². The lowest BCUT2D eigenvalue weighted by molar-refractivity contribution is -0.148. The lowest BCUT2D eigenvalue weighted by Gasteiger charge is -2.19. The number of hydrogen-bond donors (Lipinski definition) is 0. The zero-order chi connectivity index (χ0) is 13.8. The van der Waals surface area contributed by atoms with Crippen molar-refractivity contribution in [2.45, 2.75) is 31.9 Å². The Kier molecular flexibility index (Phi) is 2.26. The number of esters is 1. The maximum absolute atomic E-state index is 12.2. The van der Waals surface area contributed by atoms with Gasteiger partial charge >= 0.3 is 5.97 Å². The SMILES string of the molecule is CC1(C)C[C@@H](N2C(=O)c3cccnc3C2=O)C(=O)O1. The monoisotopic (exact) mass is 260 g/mol. The van der Waals surface area contributed by atoms with E-state index in [9.17, 15) is 14.4 Å². The summed E-state index contributed by atoms with van der Waals surface area (Å²) in [6.45, 7) is 3.50. The quantitative estimate of drug-likeness (QED) is 0.550. The fourth-order valence-electron chi connectivity index (χ4n) is 2.50. The van der Waals surface area contributed by atoms with Crippen LogP contribution in [0.4, 0.5) is 0 Å². The van der Waals surface area contributed by atoms with Gasteiger partial charge in [0.25, 0.3) is 11.8 Å². The topological polar surface area (TPSA) is 76.6 Å². The largest absolute Gasteiger partial charge is 0.458 e. The molecule has 3 heterocycles. The molecule has 0 bridgehead atoms. The van der Waals surface area contributed by atoms with Gasteiger partial charge in [0.05, 0.1) is 5.56 Å². The molecule has 0 N–H and O–H groups in total. The number of hydrogen-bond acceptors (Lipinski definition) is 5. The summed E-state index contributed by atoms with van der Waals surface area (Å²) >= 11 is 0. The molecule has 0 aromatic carbocycles. The second-order valence-electron chi connectivity index (χ2n) is 5.28. The Balaban J connectivity index is 1.99. The smallest absolute Gasteiger partial charge is 0.330 e. The van der Waals surface area contributed by atoms with Crippen molar-refractivity contribution < 1.29 is 19.1 Å². The summed E-state index contributed by atoms with van der Waals surface area (Å²) in [6.07, 6.45) is 1.75. The van der Waals surface area contributed by atoms with E-state index in [-0.39, 0.29) is 11.3 Å². The Labute approximate surface area is 109 Å². The molecule has 98 valence electrons. The maximum Gasteiger partial charge on any atom is 0.330 e. The van der Waals surface area contributed by atoms with Crippen LogP contribution in [-0.2, 0) is 9.53 Å². The molecule has 19 heavy (non-hydrogen) atoms. The molecule has 0 radical (unpaired) electrons. The highest BCUT2D eigenvalue weighted by atomic mass is 16.6. The molecule has 0 spiro atoms. The molecule has 0 aliphatic carbocycles. The van der Waals surface area contributed by atoms with E-state index in [0.717, 1.165) is 4.90 Å². The maximum atomic E-state index is 12.2. The Morgan fingerprint density at radius 2 is 2.05 bits per heavy atom. The highest BCUT2D eigenvalue weighted by molar-refractivity contribution is 6.21. The van der Waals surface area contributed by atoms with E-state index in [2.05, 4.69) is 4.98 Å². The molecular formula is C13H12N2O4. The molecular weight excluding hydrogens is 248 g/mol. The number of carbonyl (C=O) groups excluding carboxylic acids is 3. The Morgan fingerprint density at radius 3 is 2.63 bits per heavy atom. The second-order valence-corrected chi connectivity index (χ2v) is 5.28. The number of cyclic esters (lactones) is 1. The third kappa shape index (κ3) is 1.63. The first-order valence-corrected chi connectivity index (χ1v) is 5.96. The van der Waals surface area contributed by atoms with Crippen LogP contribution in [-0.4, -0.2) is 39.3 Å². The van der Waals surface area contributed by atoms with Crippen LogP contribution in [0.2, 0.25) is 0 Å². The number of carbonyl (C=O) groups is 3. The normalized spacial score (nSPS) is 24.6. The number of imide groups is 1. The predicted octanol–water partition coefficient (Wildman–Crippen LogP) is 0.772.